The maximum atomic E-state index is 12.1. The van der Waals surface area contributed by atoms with E-state index in [-0.39, 0.29) is 12.5 Å². The van der Waals surface area contributed by atoms with Crippen molar-refractivity contribution in [2.45, 2.75) is 13.0 Å². The second-order valence-corrected chi connectivity index (χ2v) is 6.78. The van der Waals surface area contributed by atoms with Crippen LogP contribution in [0.1, 0.15) is 17.3 Å². The third-order valence-electron chi connectivity index (χ3n) is 3.92. The molecule has 7 nitrogen and oxygen atoms in total. The predicted molar refractivity (Wildman–Crippen MR) is 107 cm³/mol. The van der Waals surface area contributed by atoms with Gasteiger partial charge in [0, 0.05) is 10.9 Å². The fourth-order valence-corrected chi connectivity index (χ4v) is 3.07. The van der Waals surface area contributed by atoms with Gasteiger partial charge in [-0.2, -0.15) is 11.3 Å². The number of fused-ring (bicyclic) bond motifs is 1. The van der Waals surface area contributed by atoms with Gasteiger partial charge >= 0.3 is 0 Å². The molecule has 1 atom stereocenters. The number of hydrogen-bond donors (Lipinski definition) is 3. The number of thiophene rings is 1. The van der Waals surface area contributed by atoms with E-state index >= 15 is 0 Å². The van der Waals surface area contributed by atoms with Crippen molar-refractivity contribution < 1.29 is 19.1 Å². The van der Waals surface area contributed by atoms with Crippen molar-refractivity contribution in [2.24, 2.45) is 0 Å². The van der Waals surface area contributed by atoms with Crippen molar-refractivity contribution in [3.63, 3.8) is 0 Å². The minimum Gasteiger partial charge on any atom is -0.481 e. The monoisotopic (exact) mass is 397 g/mol. The first-order valence-corrected chi connectivity index (χ1v) is 9.52. The lowest BCUT2D eigenvalue weighted by Gasteiger charge is -2.15. The second-order valence-electron chi connectivity index (χ2n) is 6.00. The molecule has 1 unspecified atom stereocenters. The summed E-state index contributed by atoms with van der Waals surface area (Å²) in [5.41, 5.74) is 5.02. The maximum absolute atomic E-state index is 12.1. The summed E-state index contributed by atoms with van der Waals surface area (Å²) in [6.45, 7) is 1.32. The molecule has 0 spiro atoms. The molecule has 0 aliphatic carbocycles. The highest BCUT2D eigenvalue weighted by Crippen LogP contribution is 2.21. The molecule has 3 rings (SSSR count). The van der Waals surface area contributed by atoms with Crippen LogP contribution in [0.2, 0.25) is 0 Å². The Labute approximate surface area is 165 Å². The lowest BCUT2D eigenvalue weighted by Crippen LogP contribution is -2.50. The van der Waals surface area contributed by atoms with Crippen molar-refractivity contribution in [1.29, 1.82) is 0 Å². The number of ether oxygens (including phenoxy) is 1. The van der Waals surface area contributed by atoms with Crippen LogP contribution in [0.25, 0.3) is 10.8 Å². The minimum absolute atomic E-state index is 0.255. The highest BCUT2D eigenvalue weighted by atomic mass is 32.1. The summed E-state index contributed by atoms with van der Waals surface area (Å²) in [6.07, 6.45) is -0.818. The summed E-state index contributed by atoms with van der Waals surface area (Å²) in [6, 6.07) is 15.0. The topological polar surface area (TPSA) is 96.5 Å². The van der Waals surface area contributed by atoms with E-state index in [1.54, 1.807) is 29.8 Å². The fraction of sp³-hybridized carbons (Fsp3) is 0.150. The molecule has 8 heteroatoms. The number of benzene rings is 2. The lowest BCUT2D eigenvalue weighted by molar-refractivity contribution is -0.132. The molecular weight excluding hydrogens is 378 g/mol. The molecule has 3 amide bonds. The zero-order valence-corrected chi connectivity index (χ0v) is 15.9. The van der Waals surface area contributed by atoms with E-state index in [9.17, 15) is 14.4 Å². The van der Waals surface area contributed by atoms with Crippen molar-refractivity contribution in [1.82, 2.24) is 16.2 Å². The molecule has 0 radical (unpaired) electrons. The van der Waals surface area contributed by atoms with Gasteiger partial charge in [-0.3, -0.25) is 25.2 Å². The molecule has 144 valence electrons. The third-order valence-corrected chi connectivity index (χ3v) is 4.60. The van der Waals surface area contributed by atoms with Gasteiger partial charge in [0.15, 0.2) is 6.10 Å². The highest BCUT2D eigenvalue weighted by Gasteiger charge is 2.16. The number of hydrogen-bond acceptors (Lipinski definition) is 5. The Bertz CT molecular complexity index is 988. The highest BCUT2D eigenvalue weighted by molar-refractivity contribution is 7.08. The summed E-state index contributed by atoms with van der Waals surface area (Å²) in [5.74, 6) is -0.855. The normalized spacial score (nSPS) is 11.5. The van der Waals surface area contributed by atoms with Gasteiger partial charge in [-0.05, 0) is 41.3 Å². The third kappa shape index (κ3) is 5.08. The summed E-state index contributed by atoms with van der Waals surface area (Å²) in [5, 5.41) is 7.99. The molecule has 2 aromatic carbocycles. The number of hydrazine groups is 1. The Morgan fingerprint density at radius 3 is 2.57 bits per heavy atom. The van der Waals surface area contributed by atoms with Crippen LogP contribution in [0.3, 0.4) is 0 Å². The molecular formula is C20H19N3O4S. The number of carbonyl (C=O) groups is 3. The van der Waals surface area contributed by atoms with Crippen LogP contribution < -0.4 is 20.9 Å². The molecule has 0 saturated heterocycles. The Hall–Kier alpha value is -3.39. The van der Waals surface area contributed by atoms with Crippen LogP contribution in [0.15, 0.2) is 59.3 Å². The Morgan fingerprint density at radius 1 is 1.04 bits per heavy atom. The van der Waals surface area contributed by atoms with Gasteiger partial charge in [0.25, 0.3) is 17.7 Å². The van der Waals surface area contributed by atoms with E-state index in [1.807, 2.05) is 36.4 Å². The molecule has 0 aliphatic heterocycles. The Kier molecular flexibility index (Phi) is 6.23. The largest absolute Gasteiger partial charge is 0.481 e. The van der Waals surface area contributed by atoms with Gasteiger partial charge < -0.3 is 10.1 Å². The number of rotatable bonds is 6. The molecule has 0 bridgehead atoms. The number of nitrogens with one attached hydrogen (secondary N) is 3. The first-order chi connectivity index (χ1) is 13.5. The van der Waals surface area contributed by atoms with Gasteiger partial charge in [0.05, 0.1) is 6.54 Å². The molecule has 1 heterocycles. The minimum atomic E-state index is -0.818. The van der Waals surface area contributed by atoms with Crippen molar-refractivity contribution in [3.05, 3.63) is 64.9 Å². The van der Waals surface area contributed by atoms with Crippen LogP contribution in [0.5, 0.6) is 5.75 Å². The number of carbonyl (C=O) groups excluding carboxylic acids is 3. The fourth-order valence-electron chi connectivity index (χ4n) is 2.43. The zero-order chi connectivity index (χ0) is 19.9. The predicted octanol–water partition coefficient (Wildman–Crippen LogP) is 2.25. The zero-order valence-electron chi connectivity index (χ0n) is 15.1. The SMILES string of the molecule is CC(Oc1ccc2ccccc2c1)C(=O)NNC(=O)CNC(=O)c1ccsc1. The maximum Gasteiger partial charge on any atom is 0.279 e. The van der Waals surface area contributed by atoms with E-state index in [0.29, 0.717) is 11.3 Å². The van der Waals surface area contributed by atoms with Gasteiger partial charge in [0.1, 0.15) is 5.75 Å². The molecule has 0 fully saturated rings. The smallest absolute Gasteiger partial charge is 0.279 e. The Balaban J connectivity index is 1.44. The van der Waals surface area contributed by atoms with Gasteiger partial charge in [-0.1, -0.05) is 30.3 Å². The molecule has 0 aliphatic rings. The first kappa shape index (κ1) is 19.4. The summed E-state index contributed by atoms with van der Waals surface area (Å²) in [7, 11) is 0. The van der Waals surface area contributed by atoms with Gasteiger partial charge in [0.2, 0.25) is 0 Å². The molecule has 1 aromatic heterocycles. The van der Waals surface area contributed by atoms with E-state index < -0.39 is 17.9 Å². The average Bonchev–Trinajstić information content (AvgIpc) is 3.25. The van der Waals surface area contributed by atoms with Gasteiger partial charge in [-0.25, -0.2) is 0 Å². The molecule has 3 N–H and O–H groups in total. The van der Waals surface area contributed by atoms with E-state index in [0.717, 1.165) is 10.8 Å². The summed E-state index contributed by atoms with van der Waals surface area (Å²) >= 11 is 1.39. The van der Waals surface area contributed by atoms with Crippen LogP contribution in [0, 0.1) is 0 Å². The van der Waals surface area contributed by atoms with Crippen LogP contribution in [0.4, 0.5) is 0 Å². The Morgan fingerprint density at radius 2 is 1.82 bits per heavy atom. The van der Waals surface area contributed by atoms with E-state index in [2.05, 4.69) is 16.2 Å². The van der Waals surface area contributed by atoms with Crippen LogP contribution in [-0.4, -0.2) is 30.4 Å². The van der Waals surface area contributed by atoms with Crippen molar-refractivity contribution in [3.8, 4) is 5.75 Å². The second kappa shape index (κ2) is 9.01. The standard InChI is InChI=1S/C20H19N3O4S/c1-13(27-17-7-6-14-4-2-3-5-15(14)10-17)19(25)23-22-18(24)11-21-20(26)16-8-9-28-12-16/h2-10,12-13H,11H2,1H3,(H,21,26)(H,22,24)(H,23,25). The van der Waals surface area contributed by atoms with E-state index in [1.165, 1.54) is 11.3 Å². The summed E-state index contributed by atoms with van der Waals surface area (Å²) < 4.78 is 5.63. The lowest BCUT2D eigenvalue weighted by atomic mass is 10.1. The molecule has 28 heavy (non-hydrogen) atoms. The van der Waals surface area contributed by atoms with Crippen LogP contribution >= 0.6 is 11.3 Å². The molecule has 3 aromatic rings. The first-order valence-electron chi connectivity index (χ1n) is 8.57. The molecule has 0 saturated carbocycles. The van der Waals surface area contributed by atoms with Crippen molar-refractivity contribution >= 4 is 39.8 Å². The quantitative estimate of drug-likeness (QED) is 0.556. The number of amides is 3. The van der Waals surface area contributed by atoms with Crippen LogP contribution in [-0.2, 0) is 9.59 Å². The summed E-state index contributed by atoms with van der Waals surface area (Å²) in [4.78, 5) is 35.6. The van der Waals surface area contributed by atoms with Crippen molar-refractivity contribution in [2.75, 3.05) is 6.54 Å². The van der Waals surface area contributed by atoms with Gasteiger partial charge in [-0.15, -0.1) is 0 Å². The average molecular weight is 397 g/mol. The van der Waals surface area contributed by atoms with E-state index in [4.69, 9.17) is 4.74 Å².